The molecule has 0 aliphatic rings. The first kappa shape index (κ1) is 25.9. The van der Waals surface area contributed by atoms with Crippen molar-refractivity contribution in [3.8, 4) is 5.75 Å². The van der Waals surface area contributed by atoms with Gasteiger partial charge in [-0.15, -0.1) is 24.0 Å². The quantitative estimate of drug-likeness (QED) is 0.176. The Hall–Kier alpha value is -2.33. The number of sulfone groups is 1. The van der Waals surface area contributed by atoms with Gasteiger partial charge < -0.3 is 15.4 Å². The van der Waals surface area contributed by atoms with E-state index in [2.05, 4.69) is 39.9 Å². The monoisotopic (exact) mass is 567 g/mol. The van der Waals surface area contributed by atoms with Gasteiger partial charge in [0.1, 0.15) is 5.75 Å². The lowest BCUT2D eigenvalue weighted by atomic mass is 10.1. The topological polar surface area (TPSA) is 79.8 Å². The maximum Gasteiger partial charge on any atom is 0.191 e. The van der Waals surface area contributed by atoms with Crippen LogP contribution >= 0.6 is 24.0 Å². The maximum atomic E-state index is 11.4. The molecule has 0 aromatic heterocycles. The van der Waals surface area contributed by atoms with Crippen molar-refractivity contribution in [1.82, 2.24) is 10.6 Å². The highest BCUT2D eigenvalue weighted by atomic mass is 127. The van der Waals surface area contributed by atoms with Gasteiger partial charge in [0, 0.05) is 26.4 Å². The van der Waals surface area contributed by atoms with E-state index in [4.69, 9.17) is 4.74 Å². The molecule has 0 amide bonds. The number of nitrogens with zero attached hydrogens (tertiary/aromatic N) is 1. The molecule has 0 aliphatic carbocycles. The van der Waals surface area contributed by atoms with Crippen molar-refractivity contribution in [2.75, 3.05) is 26.5 Å². The fraction of sp³-hybridized carbons (Fsp3) is 0.292. The van der Waals surface area contributed by atoms with Crippen molar-refractivity contribution >= 4 is 50.5 Å². The Balaban J connectivity index is 0.00000363. The number of fused-ring (bicyclic) bond motifs is 1. The number of ether oxygens (including phenoxy) is 1. The third-order valence-electron chi connectivity index (χ3n) is 4.74. The van der Waals surface area contributed by atoms with Crippen LogP contribution < -0.4 is 15.4 Å². The molecule has 3 rings (SSSR count). The van der Waals surface area contributed by atoms with Crippen molar-refractivity contribution < 1.29 is 13.2 Å². The van der Waals surface area contributed by atoms with Crippen LogP contribution in [0.1, 0.15) is 17.5 Å². The number of aliphatic imine (C=N–C) groups is 1. The van der Waals surface area contributed by atoms with E-state index >= 15 is 0 Å². The molecule has 172 valence electrons. The molecule has 0 aliphatic heterocycles. The number of guanidine groups is 1. The molecular formula is C24H30IN3O3S. The standard InChI is InChI=1S/C24H29N3O3S.HI/c1-25-24(27-17-19-8-10-20(11-9-19)18-31(2,28)29)26-14-5-15-30-23-13-12-21-6-3-4-7-22(21)16-23;/h3-4,6-13,16H,5,14-15,17-18H2,1-2H3,(H2,25,26,27);1H. The zero-order valence-electron chi connectivity index (χ0n) is 18.4. The SMILES string of the molecule is CN=C(NCCCOc1ccc2ccccc2c1)NCc1ccc(CS(C)(=O)=O)cc1.I. The molecule has 3 aromatic carbocycles. The summed E-state index contributed by atoms with van der Waals surface area (Å²) in [7, 11) is -1.29. The second-order valence-corrected chi connectivity index (χ2v) is 9.59. The highest BCUT2D eigenvalue weighted by Crippen LogP contribution is 2.20. The van der Waals surface area contributed by atoms with Gasteiger partial charge >= 0.3 is 0 Å². The zero-order valence-corrected chi connectivity index (χ0v) is 21.5. The molecule has 0 fully saturated rings. The second-order valence-electron chi connectivity index (χ2n) is 7.45. The Kier molecular flexibility index (Phi) is 10.2. The Bertz CT molecular complexity index is 1130. The van der Waals surface area contributed by atoms with E-state index in [9.17, 15) is 8.42 Å². The van der Waals surface area contributed by atoms with Crippen LogP contribution in [-0.4, -0.2) is 40.8 Å². The van der Waals surface area contributed by atoms with Gasteiger partial charge in [0.05, 0.1) is 12.4 Å². The maximum absolute atomic E-state index is 11.4. The first-order chi connectivity index (χ1) is 14.9. The molecule has 2 N–H and O–H groups in total. The lowest BCUT2D eigenvalue weighted by molar-refractivity contribution is 0.311. The highest BCUT2D eigenvalue weighted by Gasteiger charge is 2.05. The van der Waals surface area contributed by atoms with E-state index in [1.54, 1.807) is 7.05 Å². The summed E-state index contributed by atoms with van der Waals surface area (Å²) in [5, 5.41) is 8.92. The number of hydrogen-bond acceptors (Lipinski definition) is 4. The van der Waals surface area contributed by atoms with Crippen LogP contribution in [0, 0.1) is 0 Å². The van der Waals surface area contributed by atoms with E-state index in [-0.39, 0.29) is 29.7 Å². The van der Waals surface area contributed by atoms with Gasteiger partial charge in [-0.25, -0.2) is 8.42 Å². The third-order valence-corrected chi connectivity index (χ3v) is 5.60. The minimum atomic E-state index is -3.02. The van der Waals surface area contributed by atoms with Gasteiger partial charge in [-0.1, -0.05) is 54.6 Å². The fourth-order valence-electron chi connectivity index (χ4n) is 3.19. The van der Waals surface area contributed by atoms with E-state index in [0.717, 1.165) is 29.8 Å². The van der Waals surface area contributed by atoms with Gasteiger partial charge in [-0.3, -0.25) is 4.99 Å². The highest BCUT2D eigenvalue weighted by molar-refractivity contribution is 14.0. The molecule has 0 saturated carbocycles. The predicted molar refractivity (Wildman–Crippen MR) is 143 cm³/mol. The summed E-state index contributed by atoms with van der Waals surface area (Å²) in [5.41, 5.74) is 1.85. The normalized spacial score (nSPS) is 11.6. The molecule has 8 heteroatoms. The van der Waals surface area contributed by atoms with Gasteiger partial charge in [0.25, 0.3) is 0 Å². The van der Waals surface area contributed by atoms with Crippen LogP contribution in [0.3, 0.4) is 0 Å². The lowest BCUT2D eigenvalue weighted by Gasteiger charge is -2.13. The zero-order chi connectivity index (χ0) is 22.1. The van der Waals surface area contributed by atoms with Crippen molar-refractivity contribution in [2.24, 2.45) is 4.99 Å². The smallest absolute Gasteiger partial charge is 0.191 e. The molecule has 6 nitrogen and oxygen atoms in total. The molecule has 0 spiro atoms. The summed E-state index contributed by atoms with van der Waals surface area (Å²) in [6, 6.07) is 21.9. The Labute approximate surface area is 207 Å². The van der Waals surface area contributed by atoms with Crippen LogP contribution in [0.15, 0.2) is 71.7 Å². The van der Waals surface area contributed by atoms with Crippen molar-refractivity contribution in [2.45, 2.75) is 18.7 Å². The summed E-state index contributed by atoms with van der Waals surface area (Å²) in [6.45, 7) is 1.96. The first-order valence-corrected chi connectivity index (χ1v) is 12.3. The Morgan fingerprint density at radius 2 is 1.62 bits per heavy atom. The molecule has 0 saturated heterocycles. The van der Waals surface area contributed by atoms with Crippen LogP contribution in [-0.2, 0) is 22.1 Å². The predicted octanol–water partition coefficient (Wildman–Crippen LogP) is 4.14. The molecule has 0 unspecified atom stereocenters. The summed E-state index contributed by atoms with van der Waals surface area (Å²) >= 11 is 0. The van der Waals surface area contributed by atoms with Crippen molar-refractivity contribution in [1.29, 1.82) is 0 Å². The minimum Gasteiger partial charge on any atom is -0.494 e. The average Bonchev–Trinajstić information content (AvgIpc) is 2.75. The fourth-order valence-corrected chi connectivity index (χ4v) is 3.99. The second kappa shape index (κ2) is 12.6. The van der Waals surface area contributed by atoms with E-state index in [1.165, 1.54) is 17.0 Å². The molecule has 0 heterocycles. The summed E-state index contributed by atoms with van der Waals surface area (Å²) in [6.07, 6.45) is 2.08. The third kappa shape index (κ3) is 8.66. The number of nitrogens with one attached hydrogen (secondary N) is 2. The van der Waals surface area contributed by atoms with Crippen LogP contribution in [0.4, 0.5) is 0 Å². The van der Waals surface area contributed by atoms with E-state index in [1.807, 2.05) is 42.5 Å². The Morgan fingerprint density at radius 1 is 0.938 bits per heavy atom. The summed E-state index contributed by atoms with van der Waals surface area (Å²) in [5.74, 6) is 1.65. The van der Waals surface area contributed by atoms with Gasteiger partial charge in [-0.05, 0) is 40.5 Å². The van der Waals surface area contributed by atoms with Gasteiger partial charge in [-0.2, -0.15) is 0 Å². The van der Waals surface area contributed by atoms with Crippen molar-refractivity contribution in [3.05, 3.63) is 77.9 Å². The molecule has 3 aromatic rings. The van der Waals surface area contributed by atoms with Gasteiger partial charge in [0.15, 0.2) is 15.8 Å². The lowest BCUT2D eigenvalue weighted by Crippen LogP contribution is -2.37. The van der Waals surface area contributed by atoms with Gasteiger partial charge in [0.2, 0.25) is 0 Å². The minimum absolute atomic E-state index is 0. The molecule has 32 heavy (non-hydrogen) atoms. The number of hydrogen-bond donors (Lipinski definition) is 2. The average molecular weight is 567 g/mol. The first-order valence-electron chi connectivity index (χ1n) is 10.2. The Morgan fingerprint density at radius 3 is 2.31 bits per heavy atom. The number of halogens is 1. The van der Waals surface area contributed by atoms with Crippen molar-refractivity contribution in [3.63, 3.8) is 0 Å². The van der Waals surface area contributed by atoms with Crippen LogP contribution in [0.5, 0.6) is 5.75 Å². The summed E-state index contributed by atoms with van der Waals surface area (Å²) in [4.78, 5) is 4.23. The number of rotatable bonds is 9. The van der Waals surface area contributed by atoms with E-state index in [0.29, 0.717) is 19.1 Å². The largest absolute Gasteiger partial charge is 0.494 e. The number of benzene rings is 3. The molecule has 0 radical (unpaired) electrons. The van der Waals surface area contributed by atoms with Crippen LogP contribution in [0.2, 0.25) is 0 Å². The molecule has 0 atom stereocenters. The molecular weight excluding hydrogens is 537 g/mol. The molecule has 0 bridgehead atoms. The van der Waals surface area contributed by atoms with E-state index < -0.39 is 9.84 Å². The van der Waals surface area contributed by atoms with Crippen LogP contribution in [0.25, 0.3) is 10.8 Å². The summed E-state index contributed by atoms with van der Waals surface area (Å²) < 4.78 is 28.6.